The number of amides is 1. The van der Waals surface area contributed by atoms with Crippen LogP contribution in [0.5, 0.6) is 0 Å². The molecule has 4 nitrogen and oxygen atoms in total. The number of rotatable bonds is 2. The van der Waals surface area contributed by atoms with Gasteiger partial charge in [-0.25, -0.2) is 0 Å². The minimum Gasteiger partial charge on any atom is -0.369 e. The Hall–Kier alpha value is -1.84. The number of halogens is 2. The van der Waals surface area contributed by atoms with E-state index in [1.807, 2.05) is 18.2 Å². The largest absolute Gasteiger partial charge is 0.369 e. The van der Waals surface area contributed by atoms with Gasteiger partial charge in [0.2, 0.25) is 0 Å². The van der Waals surface area contributed by atoms with Crippen LogP contribution in [0.3, 0.4) is 0 Å². The third-order valence-electron chi connectivity index (χ3n) is 3.24. The zero-order valence-corrected chi connectivity index (χ0v) is 13.8. The molecule has 2 aromatic carbocycles. The van der Waals surface area contributed by atoms with E-state index in [0.29, 0.717) is 5.56 Å². The normalized spacial score (nSPS) is 16.0. The Balaban J connectivity index is 1.94. The fraction of sp³-hybridized carbons (Fsp3) is 0.0667. The fourth-order valence-corrected chi connectivity index (χ4v) is 3.10. The molecule has 2 N–H and O–H groups in total. The molecule has 0 saturated carbocycles. The molecule has 1 atom stereocenters. The highest BCUT2D eigenvalue weighted by Gasteiger charge is 2.30. The Morgan fingerprint density at radius 1 is 1.19 bits per heavy atom. The van der Waals surface area contributed by atoms with Crippen molar-refractivity contribution in [3.8, 4) is 6.07 Å². The molecule has 104 valence electrons. The molecule has 1 aliphatic heterocycles. The molecule has 0 spiro atoms. The van der Waals surface area contributed by atoms with E-state index >= 15 is 0 Å². The predicted octanol–water partition coefficient (Wildman–Crippen LogP) is 4.19. The number of hydrogen-bond donors (Lipinski definition) is 2. The van der Waals surface area contributed by atoms with Crippen molar-refractivity contribution in [2.75, 3.05) is 10.6 Å². The van der Waals surface area contributed by atoms with Crippen molar-refractivity contribution in [2.24, 2.45) is 0 Å². The van der Waals surface area contributed by atoms with Gasteiger partial charge in [0.05, 0.1) is 11.6 Å². The SMILES string of the molecule is N#Cc1ccc(NC2C(=O)Nc3ccc(Br)cc32)c(Br)c1. The van der Waals surface area contributed by atoms with Crippen LogP contribution in [0.4, 0.5) is 11.4 Å². The monoisotopic (exact) mass is 405 g/mol. The van der Waals surface area contributed by atoms with Gasteiger partial charge in [-0.3, -0.25) is 4.79 Å². The van der Waals surface area contributed by atoms with Gasteiger partial charge in [0.15, 0.2) is 0 Å². The Kier molecular flexibility index (Phi) is 3.70. The van der Waals surface area contributed by atoms with Gasteiger partial charge in [-0.1, -0.05) is 15.9 Å². The first-order valence-corrected chi connectivity index (χ1v) is 7.73. The summed E-state index contributed by atoms with van der Waals surface area (Å²) in [4.78, 5) is 12.1. The van der Waals surface area contributed by atoms with Gasteiger partial charge in [0, 0.05) is 25.9 Å². The highest BCUT2D eigenvalue weighted by Crippen LogP contribution is 2.36. The summed E-state index contributed by atoms with van der Waals surface area (Å²) in [6, 6.07) is 12.5. The van der Waals surface area contributed by atoms with E-state index in [1.165, 1.54) is 0 Å². The number of benzene rings is 2. The molecule has 3 rings (SSSR count). The lowest BCUT2D eigenvalue weighted by molar-refractivity contribution is -0.116. The lowest BCUT2D eigenvalue weighted by Crippen LogP contribution is -2.19. The van der Waals surface area contributed by atoms with Crippen molar-refractivity contribution in [2.45, 2.75) is 6.04 Å². The second-order valence-electron chi connectivity index (χ2n) is 4.60. The van der Waals surface area contributed by atoms with Gasteiger partial charge in [0.1, 0.15) is 6.04 Å². The van der Waals surface area contributed by atoms with E-state index in [4.69, 9.17) is 5.26 Å². The van der Waals surface area contributed by atoms with Crippen molar-refractivity contribution in [1.29, 1.82) is 5.26 Å². The number of anilines is 2. The van der Waals surface area contributed by atoms with Crippen molar-refractivity contribution in [3.05, 3.63) is 56.5 Å². The minimum absolute atomic E-state index is 0.0978. The number of hydrogen-bond acceptors (Lipinski definition) is 3. The van der Waals surface area contributed by atoms with Crippen LogP contribution in [0.25, 0.3) is 0 Å². The van der Waals surface area contributed by atoms with Gasteiger partial charge in [-0.2, -0.15) is 5.26 Å². The van der Waals surface area contributed by atoms with Crippen LogP contribution in [0, 0.1) is 11.3 Å². The smallest absolute Gasteiger partial charge is 0.251 e. The van der Waals surface area contributed by atoms with Crippen LogP contribution in [0.15, 0.2) is 45.3 Å². The Morgan fingerprint density at radius 2 is 2.00 bits per heavy atom. The molecule has 21 heavy (non-hydrogen) atoms. The predicted molar refractivity (Wildman–Crippen MR) is 88.0 cm³/mol. The quantitative estimate of drug-likeness (QED) is 0.785. The first-order valence-electron chi connectivity index (χ1n) is 6.15. The minimum atomic E-state index is -0.457. The molecule has 1 unspecified atom stereocenters. The van der Waals surface area contributed by atoms with Crippen LogP contribution in [0.2, 0.25) is 0 Å². The van der Waals surface area contributed by atoms with Crippen molar-refractivity contribution in [3.63, 3.8) is 0 Å². The number of nitrogens with one attached hydrogen (secondary N) is 2. The molecule has 0 bridgehead atoms. The number of fused-ring (bicyclic) bond motifs is 1. The van der Waals surface area contributed by atoms with E-state index in [0.717, 1.165) is 25.9 Å². The fourth-order valence-electron chi connectivity index (χ4n) is 2.23. The summed E-state index contributed by atoms with van der Waals surface area (Å²) in [5, 5.41) is 14.9. The molecular formula is C15H9Br2N3O. The maximum atomic E-state index is 12.1. The number of nitrogens with zero attached hydrogens (tertiary/aromatic N) is 1. The first kappa shape index (κ1) is 14.1. The van der Waals surface area contributed by atoms with Crippen LogP contribution >= 0.6 is 31.9 Å². The molecule has 1 aliphatic rings. The summed E-state index contributed by atoms with van der Waals surface area (Å²) >= 11 is 6.83. The lowest BCUT2D eigenvalue weighted by atomic mass is 10.1. The number of nitriles is 1. The molecule has 2 aromatic rings. The Bertz CT molecular complexity index is 783. The van der Waals surface area contributed by atoms with Gasteiger partial charge in [-0.05, 0) is 52.3 Å². The Morgan fingerprint density at radius 3 is 2.71 bits per heavy atom. The molecule has 6 heteroatoms. The second-order valence-corrected chi connectivity index (χ2v) is 6.37. The summed E-state index contributed by atoms with van der Waals surface area (Å²) in [6.07, 6.45) is 0. The number of carbonyl (C=O) groups excluding carboxylic acids is 1. The molecule has 0 radical (unpaired) electrons. The average Bonchev–Trinajstić information content (AvgIpc) is 2.77. The lowest BCUT2D eigenvalue weighted by Gasteiger charge is -2.14. The summed E-state index contributed by atoms with van der Waals surface area (Å²) in [7, 11) is 0. The molecule has 0 saturated heterocycles. The van der Waals surface area contributed by atoms with E-state index in [-0.39, 0.29) is 5.91 Å². The molecule has 0 aromatic heterocycles. The molecular weight excluding hydrogens is 398 g/mol. The van der Waals surface area contributed by atoms with E-state index in [9.17, 15) is 4.79 Å². The summed E-state index contributed by atoms with van der Waals surface area (Å²) < 4.78 is 1.67. The van der Waals surface area contributed by atoms with E-state index in [1.54, 1.807) is 18.2 Å². The summed E-state index contributed by atoms with van der Waals surface area (Å²) in [6.45, 7) is 0. The van der Waals surface area contributed by atoms with Crippen LogP contribution < -0.4 is 10.6 Å². The average molecular weight is 407 g/mol. The Labute approximate surface area is 138 Å². The van der Waals surface area contributed by atoms with Crippen LogP contribution in [0.1, 0.15) is 17.2 Å². The van der Waals surface area contributed by atoms with Gasteiger partial charge < -0.3 is 10.6 Å². The molecule has 0 aliphatic carbocycles. The second kappa shape index (κ2) is 5.51. The van der Waals surface area contributed by atoms with Gasteiger partial charge >= 0.3 is 0 Å². The van der Waals surface area contributed by atoms with Gasteiger partial charge in [-0.15, -0.1) is 0 Å². The van der Waals surface area contributed by atoms with Crippen LogP contribution in [-0.4, -0.2) is 5.91 Å². The molecule has 1 amide bonds. The van der Waals surface area contributed by atoms with Gasteiger partial charge in [0.25, 0.3) is 5.91 Å². The highest BCUT2D eigenvalue weighted by molar-refractivity contribution is 9.10. The molecule has 1 heterocycles. The maximum absolute atomic E-state index is 12.1. The van der Waals surface area contributed by atoms with Crippen molar-refractivity contribution in [1.82, 2.24) is 0 Å². The van der Waals surface area contributed by atoms with E-state index in [2.05, 4.69) is 48.6 Å². The molecule has 0 fully saturated rings. The third-order valence-corrected chi connectivity index (χ3v) is 4.39. The highest BCUT2D eigenvalue weighted by atomic mass is 79.9. The third kappa shape index (κ3) is 2.67. The summed E-state index contributed by atoms with van der Waals surface area (Å²) in [5.41, 5.74) is 3.03. The maximum Gasteiger partial charge on any atom is 0.251 e. The van der Waals surface area contributed by atoms with E-state index < -0.39 is 6.04 Å². The summed E-state index contributed by atoms with van der Waals surface area (Å²) in [5.74, 6) is -0.0978. The zero-order chi connectivity index (χ0) is 15.0. The topological polar surface area (TPSA) is 64.9 Å². The first-order chi connectivity index (χ1) is 10.1. The van der Waals surface area contributed by atoms with Crippen LogP contribution in [-0.2, 0) is 4.79 Å². The standard InChI is InChI=1S/C15H9Br2N3O/c16-9-2-4-12-10(6-9)14(15(21)20-12)19-13-3-1-8(7-18)5-11(13)17/h1-6,14,19H,(H,20,21). The zero-order valence-electron chi connectivity index (χ0n) is 10.7. The van der Waals surface area contributed by atoms with Crippen molar-refractivity contribution >= 4 is 49.1 Å². The number of carbonyl (C=O) groups is 1. The van der Waals surface area contributed by atoms with Crippen molar-refractivity contribution < 1.29 is 4.79 Å².